The molecule has 0 atom stereocenters. The molecule has 0 bridgehead atoms. The van der Waals surface area contributed by atoms with Crippen LogP contribution in [0.15, 0.2) is 30.5 Å². The van der Waals surface area contributed by atoms with Gasteiger partial charge in [-0.05, 0) is 44.7 Å². The number of hydrogen-bond acceptors (Lipinski definition) is 5. The van der Waals surface area contributed by atoms with Crippen LogP contribution >= 0.6 is 0 Å². The van der Waals surface area contributed by atoms with Gasteiger partial charge in [0.1, 0.15) is 11.4 Å². The lowest BCUT2D eigenvalue weighted by Gasteiger charge is -2.31. The van der Waals surface area contributed by atoms with Crippen LogP contribution in [0.3, 0.4) is 0 Å². The molecular weight excluding hydrogens is 344 g/mol. The number of aromatic nitrogens is 3. The highest BCUT2D eigenvalue weighted by atomic mass is 16.5. The normalized spacial score (nSPS) is 15.6. The Morgan fingerprint density at radius 3 is 2.74 bits per heavy atom. The minimum atomic E-state index is -0.486. The minimum absolute atomic E-state index is 0.0744. The first-order chi connectivity index (χ1) is 12.8. The van der Waals surface area contributed by atoms with Gasteiger partial charge in [0.15, 0.2) is 0 Å². The van der Waals surface area contributed by atoms with Crippen molar-refractivity contribution in [1.82, 2.24) is 19.9 Å². The summed E-state index contributed by atoms with van der Waals surface area (Å²) in [6.45, 7) is 6.09. The zero-order valence-corrected chi connectivity index (χ0v) is 16.2. The van der Waals surface area contributed by atoms with Gasteiger partial charge < -0.3 is 20.7 Å². The van der Waals surface area contributed by atoms with E-state index in [9.17, 15) is 4.79 Å². The van der Waals surface area contributed by atoms with Crippen molar-refractivity contribution in [2.75, 3.05) is 25.5 Å². The van der Waals surface area contributed by atoms with E-state index in [2.05, 4.69) is 15.6 Å². The Hall–Kier alpha value is -2.61. The maximum atomic E-state index is 12.5. The molecule has 2 amide bonds. The molecule has 1 aliphatic rings. The van der Waals surface area contributed by atoms with Crippen molar-refractivity contribution < 1.29 is 9.53 Å². The van der Waals surface area contributed by atoms with E-state index in [1.165, 1.54) is 0 Å². The number of ether oxygens (including phenoxy) is 1. The average molecular weight is 372 g/mol. The van der Waals surface area contributed by atoms with Crippen molar-refractivity contribution in [2.45, 2.75) is 38.8 Å². The van der Waals surface area contributed by atoms with Crippen LogP contribution < -0.4 is 15.8 Å². The summed E-state index contributed by atoms with van der Waals surface area (Å²) in [5, 5.41) is 11.3. The van der Waals surface area contributed by atoms with Crippen LogP contribution in [0.2, 0.25) is 0 Å². The molecule has 8 heteroatoms. The van der Waals surface area contributed by atoms with Crippen molar-refractivity contribution >= 4 is 11.7 Å². The van der Waals surface area contributed by atoms with Crippen LogP contribution in [0.5, 0.6) is 5.75 Å². The van der Waals surface area contributed by atoms with Gasteiger partial charge in [-0.1, -0.05) is 11.3 Å². The third kappa shape index (κ3) is 4.97. The highest BCUT2D eigenvalue weighted by Gasteiger charge is 2.24. The molecule has 0 radical (unpaired) electrons. The SMILES string of the molecule is COc1cccc(NC(=O)N2CCC(Cn3cc(C(C)(C)N)nn3)CC2)c1. The predicted molar refractivity (Wildman–Crippen MR) is 104 cm³/mol. The van der Waals surface area contributed by atoms with Crippen molar-refractivity contribution in [1.29, 1.82) is 0 Å². The molecule has 0 spiro atoms. The fourth-order valence-electron chi connectivity index (χ4n) is 3.17. The summed E-state index contributed by atoms with van der Waals surface area (Å²) in [6, 6.07) is 7.30. The molecule has 1 aromatic heterocycles. The molecule has 1 saturated heterocycles. The topological polar surface area (TPSA) is 98.3 Å². The van der Waals surface area contributed by atoms with E-state index in [4.69, 9.17) is 10.5 Å². The Morgan fingerprint density at radius 1 is 1.37 bits per heavy atom. The summed E-state index contributed by atoms with van der Waals surface area (Å²) in [4.78, 5) is 14.3. The number of carbonyl (C=O) groups excluding carboxylic acids is 1. The van der Waals surface area contributed by atoms with Gasteiger partial charge >= 0.3 is 6.03 Å². The second kappa shape index (κ2) is 7.96. The first-order valence-corrected chi connectivity index (χ1v) is 9.24. The number of methoxy groups -OCH3 is 1. The number of nitrogens with zero attached hydrogens (tertiary/aromatic N) is 4. The smallest absolute Gasteiger partial charge is 0.321 e. The molecule has 0 unspecified atom stereocenters. The van der Waals surface area contributed by atoms with E-state index < -0.39 is 5.54 Å². The van der Waals surface area contributed by atoms with E-state index in [1.54, 1.807) is 7.11 Å². The predicted octanol–water partition coefficient (Wildman–Crippen LogP) is 2.42. The standard InChI is InChI=1S/C19H28N6O2/c1-19(2,20)17-13-25(23-22-17)12-14-7-9-24(10-8-14)18(26)21-15-5-4-6-16(11-15)27-3/h4-6,11,13-14H,7-10,12,20H2,1-3H3,(H,21,26). The largest absolute Gasteiger partial charge is 0.497 e. The van der Waals surface area contributed by atoms with E-state index in [1.807, 2.05) is 53.9 Å². The molecule has 0 saturated carbocycles. The van der Waals surface area contributed by atoms with Gasteiger partial charge in [0, 0.05) is 31.4 Å². The summed E-state index contributed by atoms with van der Waals surface area (Å²) in [6.07, 6.45) is 3.79. The van der Waals surface area contributed by atoms with Crippen molar-refractivity contribution in [2.24, 2.45) is 11.7 Å². The molecule has 2 heterocycles. The summed E-state index contributed by atoms with van der Waals surface area (Å²) in [5.41, 5.74) is 7.10. The number of rotatable bonds is 5. The van der Waals surface area contributed by atoms with Gasteiger partial charge in [0.25, 0.3) is 0 Å². The molecule has 1 fully saturated rings. The number of urea groups is 1. The Kier molecular flexibility index (Phi) is 5.65. The van der Waals surface area contributed by atoms with Crippen LogP contribution in [-0.4, -0.2) is 46.1 Å². The maximum Gasteiger partial charge on any atom is 0.321 e. The molecule has 0 aliphatic carbocycles. The molecule has 3 rings (SSSR count). The second-order valence-electron chi connectivity index (χ2n) is 7.64. The lowest BCUT2D eigenvalue weighted by Crippen LogP contribution is -2.41. The van der Waals surface area contributed by atoms with Gasteiger partial charge in [-0.15, -0.1) is 5.10 Å². The van der Waals surface area contributed by atoms with Crippen LogP contribution in [0, 0.1) is 5.92 Å². The summed E-state index contributed by atoms with van der Waals surface area (Å²) in [7, 11) is 1.61. The number of piperidine rings is 1. The molecule has 27 heavy (non-hydrogen) atoms. The molecule has 1 aliphatic heterocycles. The van der Waals surface area contributed by atoms with Gasteiger partial charge in [-0.25, -0.2) is 4.79 Å². The Balaban J connectivity index is 1.49. The van der Waals surface area contributed by atoms with Crippen LogP contribution in [-0.2, 0) is 12.1 Å². The number of carbonyl (C=O) groups is 1. The third-order valence-corrected chi connectivity index (χ3v) is 4.87. The fraction of sp³-hybridized carbons (Fsp3) is 0.526. The quantitative estimate of drug-likeness (QED) is 0.840. The Bertz CT molecular complexity index is 775. The van der Waals surface area contributed by atoms with Gasteiger partial charge in [-0.3, -0.25) is 4.68 Å². The maximum absolute atomic E-state index is 12.5. The van der Waals surface area contributed by atoms with Gasteiger partial charge in [-0.2, -0.15) is 0 Å². The Morgan fingerprint density at radius 2 is 2.11 bits per heavy atom. The van der Waals surface area contributed by atoms with Crippen molar-refractivity contribution in [3.05, 3.63) is 36.2 Å². The number of benzene rings is 1. The molecule has 146 valence electrons. The zero-order chi connectivity index (χ0) is 19.4. The van der Waals surface area contributed by atoms with Crippen LogP contribution in [0.4, 0.5) is 10.5 Å². The van der Waals surface area contributed by atoms with E-state index >= 15 is 0 Å². The number of nitrogens with one attached hydrogen (secondary N) is 1. The summed E-state index contributed by atoms with van der Waals surface area (Å²) < 4.78 is 7.05. The number of nitrogens with two attached hydrogens (primary N) is 1. The highest BCUT2D eigenvalue weighted by molar-refractivity contribution is 5.89. The fourth-order valence-corrected chi connectivity index (χ4v) is 3.17. The van der Waals surface area contributed by atoms with Crippen molar-refractivity contribution in [3.8, 4) is 5.75 Å². The number of anilines is 1. The summed E-state index contributed by atoms with van der Waals surface area (Å²) >= 11 is 0. The molecule has 1 aromatic carbocycles. The number of hydrogen-bond donors (Lipinski definition) is 2. The highest BCUT2D eigenvalue weighted by Crippen LogP contribution is 2.22. The summed E-state index contributed by atoms with van der Waals surface area (Å²) in [5.74, 6) is 1.20. The van der Waals surface area contributed by atoms with E-state index in [-0.39, 0.29) is 6.03 Å². The molecule has 8 nitrogen and oxygen atoms in total. The van der Waals surface area contributed by atoms with E-state index in [0.29, 0.717) is 5.92 Å². The first-order valence-electron chi connectivity index (χ1n) is 9.24. The zero-order valence-electron chi connectivity index (χ0n) is 16.2. The monoisotopic (exact) mass is 372 g/mol. The molecule has 2 aromatic rings. The van der Waals surface area contributed by atoms with Crippen molar-refractivity contribution in [3.63, 3.8) is 0 Å². The van der Waals surface area contributed by atoms with Gasteiger partial charge in [0.2, 0.25) is 0 Å². The van der Waals surface area contributed by atoms with Crippen LogP contribution in [0.25, 0.3) is 0 Å². The molecule has 3 N–H and O–H groups in total. The minimum Gasteiger partial charge on any atom is -0.497 e. The third-order valence-electron chi connectivity index (χ3n) is 4.87. The van der Waals surface area contributed by atoms with Gasteiger partial charge in [0.05, 0.1) is 18.8 Å². The van der Waals surface area contributed by atoms with Crippen LogP contribution in [0.1, 0.15) is 32.4 Å². The Labute approximate surface area is 159 Å². The first kappa shape index (κ1) is 19.2. The second-order valence-corrected chi connectivity index (χ2v) is 7.64. The average Bonchev–Trinajstić information content (AvgIpc) is 3.11. The lowest BCUT2D eigenvalue weighted by atomic mass is 9.97. The van der Waals surface area contributed by atoms with E-state index in [0.717, 1.165) is 49.6 Å². The number of amides is 2. The number of likely N-dealkylation sites (tertiary alicyclic amines) is 1. The lowest BCUT2D eigenvalue weighted by molar-refractivity contribution is 0.175. The molecular formula is C19H28N6O2.